The highest BCUT2D eigenvalue weighted by Gasteiger charge is 2.47. The molecule has 0 bridgehead atoms. The molecule has 1 amide bonds. The number of aliphatic hydroxyl groups is 1. The van der Waals surface area contributed by atoms with Crippen LogP contribution in [0.4, 0.5) is 0 Å². The molecule has 122 valence electrons. The minimum atomic E-state index is -0.133. The van der Waals surface area contributed by atoms with Crippen molar-refractivity contribution in [3.05, 3.63) is 36.0 Å². The maximum atomic E-state index is 12.5. The number of aryl methyl sites for hydroxylation is 1. The van der Waals surface area contributed by atoms with E-state index in [1.165, 1.54) is 10.9 Å². The molecule has 2 aromatic rings. The highest BCUT2D eigenvalue weighted by Crippen LogP contribution is 2.49. The molecular formula is C19H24N2O2. The maximum absolute atomic E-state index is 12.5. The Bertz CT molecular complexity index is 713. The summed E-state index contributed by atoms with van der Waals surface area (Å²) < 4.78 is 0. The van der Waals surface area contributed by atoms with Crippen molar-refractivity contribution in [2.45, 2.75) is 44.6 Å². The molecule has 2 aliphatic rings. The number of aromatic amines is 1. The summed E-state index contributed by atoms with van der Waals surface area (Å²) in [6.07, 6.45) is 7.24. The summed E-state index contributed by atoms with van der Waals surface area (Å²) in [5, 5.41) is 11.2. The summed E-state index contributed by atoms with van der Waals surface area (Å²) >= 11 is 0. The SMILES string of the molecule is O=C(CCc1c[nH]c2ccccc12)N1CCC2(CCC2O)CC1. The Hall–Kier alpha value is -1.81. The highest BCUT2D eigenvalue weighted by atomic mass is 16.3. The lowest BCUT2D eigenvalue weighted by molar-refractivity contribution is -0.141. The van der Waals surface area contributed by atoms with Gasteiger partial charge in [-0.05, 0) is 49.1 Å². The second-order valence-corrected chi connectivity index (χ2v) is 7.16. The predicted octanol–water partition coefficient (Wildman–Crippen LogP) is 2.86. The van der Waals surface area contributed by atoms with Crippen molar-refractivity contribution >= 4 is 16.8 Å². The zero-order valence-electron chi connectivity index (χ0n) is 13.4. The second kappa shape index (κ2) is 5.68. The number of benzene rings is 1. The first-order valence-corrected chi connectivity index (χ1v) is 8.69. The van der Waals surface area contributed by atoms with Gasteiger partial charge in [-0.3, -0.25) is 4.79 Å². The minimum absolute atomic E-state index is 0.133. The van der Waals surface area contributed by atoms with Crippen LogP contribution in [0.3, 0.4) is 0 Å². The number of aliphatic hydroxyl groups excluding tert-OH is 1. The lowest BCUT2D eigenvalue weighted by Gasteiger charge is -2.51. The van der Waals surface area contributed by atoms with Crippen LogP contribution in [0.5, 0.6) is 0 Å². The molecule has 1 aliphatic carbocycles. The molecule has 1 aliphatic heterocycles. The number of piperidine rings is 1. The first kappa shape index (κ1) is 14.8. The summed E-state index contributed by atoms with van der Waals surface area (Å²) in [5.74, 6) is 0.249. The van der Waals surface area contributed by atoms with Crippen molar-refractivity contribution in [2.75, 3.05) is 13.1 Å². The van der Waals surface area contributed by atoms with Gasteiger partial charge in [0.2, 0.25) is 5.91 Å². The lowest BCUT2D eigenvalue weighted by atomic mass is 9.61. The largest absolute Gasteiger partial charge is 0.393 e. The van der Waals surface area contributed by atoms with Gasteiger partial charge >= 0.3 is 0 Å². The monoisotopic (exact) mass is 312 g/mol. The van der Waals surface area contributed by atoms with E-state index in [0.29, 0.717) is 6.42 Å². The third kappa shape index (κ3) is 2.55. The molecule has 1 spiro atoms. The van der Waals surface area contributed by atoms with Crippen molar-refractivity contribution in [3.63, 3.8) is 0 Å². The van der Waals surface area contributed by atoms with Crippen LogP contribution in [-0.4, -0.2) is 40.1 Å². The Morgan fingerprint density at radius 1 is 1.26 bits per heavy atom. The molecule has 4 nitrogen and oxygen atoms in total. The fourth-order valence-corrected chi connectivity index (χ4v) is 4.20. The van der Waals surface area contributed by atoms with Crippen molar-refractivity contribution in [2.24, 2.45) is 5.41 Å². The Morgan fingerprint density at radius 2 is 2.04 bits per heavy atom. The van der Waals surface area contributed by atoms with Gasteiger partial charge in [0.15, 0.2) is 0 Å². The average molecular weight is 312 g/mol. The van der Waals surface area contributed by atoms with Crippen LogP contribution in [0.25, 0.3) is 10.9 Å². The van der Waals surface area contributed by atoms with E-state index in [0.717, 1.165) is 50.7 Å². The predicted molar refractivity (Wildman–Crippen MR) is 90.1 cm³/mol. The molecule has 1 aromatic heterocycles. The lowest BCUT2D eigenvalue weighted by Crippen LogP contribution is -2.53. The molecule has 1 atom stereocenters. The Kier molecular flexibility index (Phi) is 3.64. The zero-order chi connectivity index (χ0) is 15.9. The van der Waals surface area contributed by atoms with Gasteiger partial charge in [0, 0.05) is 36.6 Å². The van der Waals surface area contributed by atoms with E-state index in [4.69, 9.17) is 0 Å². The second-order valence-electron chi connectivity index (χ2n) is 7.16. The van der Waals surface area contributed by atoms with Crippen molar-refractivity contribution < 1.29 is 9.90 Å². The van der Waals surface area contributed by atoms with E-state index in [2.05, 4.69) is 17.1 Å². The smallest absolute Gasteiger partial charge is 0.222 e. The first-order chi connectivity index (χ1) is 11.2. The summed E-state index contributed by atoms with van der Waals surface area (Å²) in [5.41, 5.74) is 2.49. The Balaban J connectivity index is 1.34. The number of hydrogen-bond acceptors (Lipinski definition) is 2. The first-order valence-electron chi connectivity index (χ1n) is 8.69. The fourth-order valence-electron chi connectivity index (χ4n) is 4.20. The molecule has 1 aromatic carbocycles. The van der Waals surface area contributed by atoms with Crippen LogP contribution in [-0.2, 0) is 11.2 Å². The molecule has 4 heteroatoms. The number of fused-ring (bicyclic) bond motifs is 1. The summed E-state index contributed by atoms with van der Waals surface area (Å²) in [6.45, 7) is 1.62. The van der Waals surface area contributed by atoms with Crippen LogP contribution in [0.2, 0.25) is 0 Å². The standard InChI is InChI=1S/C19H24N2O2/c22-17-7-8-19(17)9-11-21(12-10-19)18(23)6-5-14-13-20-16-4-2-1-3-15(14)16/h1-4,13,17,20,22H,5-12H2. The van der Waals surface area contributed by atoms with E-state index in [9.17, 15) is 9.90 Å². The van der Waals surface area contributed by atoms with E-state index < -0.39 is 0 Å². The van der Waals surface area contributed by atoms with Gasteiger partial charge in [-0.2, -0.15) is 0 Å². The van der Waals surface area contributed by atoms with Gasteiger partial charge in [-0.25, -0.2) is 0 Å². The molecule has 23 heavy (non-hydrogen) atoms. The summed E-state index contributed by atoms with van der Waals surface area (Å²) in [4.78, 5) is 17.7. The molecule has 4 rings (SSSR count). The number of hydrogen-bond donors (Lipinski definition) is 2. The van der Waals surface area contributed by atoms with Gasteiger partial charge in [0.25, 0.3) is 0 Å². The van der Waals surface area contributed by atoms with Crippen LogP contribution < -0.4 is 0 Å². The molecule has 1 saturated heterocycles. The molecule has 2 fully saturated rings. The van der Waals surface area contributed by atoms with E-state index in [1.807, 2.05) is 23.2 Å². The molecule has 1 unspecified atom stereocenters. The van der Waals surface area contributed by atoms with Crippen LogP contribution >= 0.6 is 0 Å². The van der Waals surface area contributed by atoms with E-state index >= 15 is 0 Å². The highest BCUT2D eigenvalue weighted by molar-refractivity contribution is 5.84. The normalized spacial score (nSPS) is 23.2. The molecule has 1 saturated carbocycles. The van der Waals surface area contributed by atoms with Crippen LogP contribution in [0.1, 0.15) is 37.7 Å². The fraction of sp³-hybridized carbons (Fsp3) is 0.526. The summed E-state index contributed by atoms with van der Waals surface area (Å²) in [6, 6.07) is 8.23. The number of amides is 1. The Labute approximate surface area is 136 Å². The van der Waals surface area contributed by atoms with Gasteiger partial charge in [0.1, 0.15) is 0 Å². The number of carbonyl (C=O) groups excluding carboxylic acids is 1. The van der Waals surface area contributed by atoms with Crippen molar-refractivity contribution in [1.82, 2.24) is 9.88 Å². The number of rotatable bonds is 3. The van der Waals surface area contributed by atoms with Gasteiger partial charge in [-0.15, -0.1) is 0 Å². The number of likely N-dealkylation sites (tertiary alicyclic amines) is 1. The van der Waals surface area contributed by atoms with Crippen LogP contribution in [0, 0.1) is 5.41 Å². The third-order valence-electron chi connectivity index (χ3n) is 6.02. The molecule has 2 heterocycles. The van der Waals surface area contributed by atoms with Gasteiger partial charge in [-0.1, -0.05) is 18.2 Å². The van der Waals surface area contributed by atoms with Gasteiger partial charge < -0.3 is 15.0 Å². The Morgan fingerprint density at radius 3 is 2.74 bits per heavy atom. The third-order valence-corrected chi connectivity index (χ3v) is 6.02. The quantitative estimate of drug-likeness (QED) is 0.915. The zero-order valence-corrected chi connectivity index (χ0v) is 13.4. The van der Waals surface area contributed by atoms with Gasteiger partial charge in [0.05, 0.1) is 6.10 Å². The number of nitrogens with zero attached hydrogens (tertiary/aromatic N) is 1. The number of carbonyl (C=O) groups is 1. The van der Waals surface area contributed by atoms with Crippen LogP contribution in [0.15, 0.2) is 30.5 Å². The average Bonchev–Trinajstić information content (AvgIpc) is 3.01. The molecule has 0 radical (unpaired) electrons. The topological polar surface area (TPSA) is 56.3 Å². The molecular weight excluding hydrogens is 288 g/mol. The minimum Gasteiger partial charge on any atom is -0.393 e. The van der Waals surface area contributed by atoms with Crippen molar-refractivity contribution in [1.29, 1.82) is 0 Å². The number of nitrogens with one attached hydrogen (secondary N) is 1. The van der Waals surface area contributed by atoms with Crippen molar-refractivity contribution in [3.8, 4) is 0 Å². The molecule has 2 N–H and O–H groups in total. The van der Waals surface area contributed by atoms with E-state index in [-0.39, 0.29) is 17.4 Å². The van der Waals surface area contributed by atoms with E-state index in [1.54, 1.807) is 0 Å². The number of aromatic nitrogens is 1. The maximum Gasteiger partial charge on any atom is 0.222 e. The number of para-hydroxylation sites is 1. The summed E-state index contributed by atoms with van der Waals surface area (Å²) in [7, 11) is 0. The number of H-pyrrole nitrogens is 1.